The molecule has 0 unspecified atom stereocenters. The van der Waals surface area contributed by atoms with Crippen LogP contribution in [0.15, 0.2) is 36.5 Å². The molecule has 0 aliphatic heterocycles. The Labute approximate surface area is 158 Å². The van der Waals surface area contributed by atoms with Crippen LogP contribution >= 0.6 is 0 Å². The van der Waals surface area contributed by atoms with Crippen LogP contribution in [0.3, 0.4) is 0 Å². The van der Waals surface area contributed by atoms with Gasteiger partial charge in [0.15, 0.2) is 0 Å². The largest absolute Gasteiger partial charge is 0.357 e. The van der Waals surface area contributed by atoms with Gasteiger partial charge in [-0.2, -0.15) is 0 Å². The van der Waals surface area contributed by atoms with E-state index in [9.17, 15) is 9.18 Å². The number of imidazole rings is 1. The zero-order chi connectivity index (χ0) is 19.4. The van der Waals surface area contributed by atoms with Crippen molar-refractivity contribution < 1.29 is 9.18 Å². The Bertz CT molecular complexity index is 931. The van der Waals surface area contributed by atoms with E-state index in [1.54, 1.807) is 18.3 Å². The lowest BCUT2D eigenvalue weighted by Gasteiger charge is -2.19. The van der Waals surface area contributed by atoms with Crippen LogP contribution in [0.2, 0.25) is 0 Å². The standard InChI is InChI=1S/C20H24FN5O/c1-4-26(5-2)18-9-6-14(13-23-18)20(27)22-11-10-19-24-16-8-7-15(21)12-17(16)25(19)3/h6-9,12-13H,4-5,10-11H2,1-3H3,(H,22,27). The number of nitrogens with zero attached hydrogens (tertiary/aromatic N) is 4. The second-order valence-corrected chi connectivity index (χ2v) is 6.30. The fourth-order valence-corrected chi connectivity index (χ4v) is 3.08. The summed E-state index contributed by atoms with van der Waals surface area (Å²) < 4.78 is 15.2. The molecule has 27 heavy (non-hydrogen) atoms. The summed E-state index contributed by atoms with van der Waals surface area (Å²) in [6.45, 7) is 6.33. The third-order valence-electron chi connectivity index (χ3n) is 4.67. The number of hydrogen-bond donors (Lipinski definition) is 1. The highest BCUT2D eigenvalue weighted by atomic mass is 19.1. The number of aromatic nitrogens is 3. The normalized spacial score (nSPS) is 11.0. The number of hydrogen-bond acceptors (Lipinski definition) is 4. The van der Waals surface area contributed by atoms with E-state index in [1.807, 2.05) is 17.7 Å². The summed E-state index contributed by atoms with van der Waals surface area (Å²) in [7, 11) is 1.85. The van der Waals surface area contributed by atoms with Crippen LogP contribution in [-0.2, 0) is 13.5 Å². The van der Waals surface area contributed by atoms with Crippen LogP contribution in [0.25, 0.3) is 11.0 Å². The second kappa shape index (κ2) is 8.16. The van der Waals surface area contributed by atoms with Gasteiger partial charge in [-0.25, -0.2) is 14.4 Å². The number of carbonyl (C=O) groups excluding carboxylic acids is 1. The fourth-order valence-electron chi connectivity index (χ4n) is 3.08. The van der Waals surface area contributed by atoms with Crippen molar-refractivity contribution in [2.24, 2.45) is 7.05 Å². The van der Waals surface area contributed by atoms with Crippen LogP contribution in [0.4, 0.5) is 10.2 Å². The minimum atomic E-state index is -0.286. The molecule has 2 heterocycles. The Morgan fingerprint density at radius 3 is 2.67 bits per heavy atom. The van der Waals surface area contributed by atoms with Crippen molar-refractivity contribution in [3.63, 3.8) is 0 Å². The number of halogens is 1. The van der Waals surface area contributed by atoms with Crippen LogP contribution in [0, 0.1) is 5.82 Å². The molecule has 0 aliphatic rings. The molecular weight excluding hydrogens is 345 g/mol. The van der Waals surface area contributed by atoms with Gasteiger partial charge in [0.2, 0.25) is 0 Å². The summed E-state index contributed by atoms with van der Waals surface area (Å²) in [5, 5.41) is 2.89. The van der Waals surface area contributed by atoms with Gasteiger partial charge in [-0.1, -0.05) is 0 Å². The number of amides is 1. The van der Waals surface area contributed by atoms with E-state index >= 15 is 0 Å². The summed E-state index contributed by atoms with van der Waals surface area (Å²) in [6.07, 6.45) is 2.16. The monoisotopic (exact) mass is 369 g/mol. The molecule has 0 atom stereocenters. The Hall–Kier alpha value is -2.96. The quantitative estimate of drug-likeness (QED) is 0.696. The minimum absolute atomic E-state index is 0.168. The smallest absolute Gasteiger partial charge is 0.252 e. The molecule has 0 radical (unpaired) electrons. The van der Waals surface area contributed by atoms with Crippen molar-refractivity contribution >= 4 is 22.8 Å². The molecule has 2 aromatic heterocycles. The molecule has 0 spiro atoms. The topological polar surface area (TPSA) is 63.1 Å². The number of aryl methyl sites for hydroxylation is 1. The number of benzene rings is 1. The summed E-state index contributed by atoms with van der Waals surface area (Å²) in [5.41, 5.74) is 2.02. The van der Waals surface area contributed by atoms with E-state index in [0.29, 0.717) is 18.5 Å². The number of carbonyl (C=O) groups is 1. The van der Waals surface area contributed by atoms with E-state index in [-0.39, 0.29) is 11.7 Å². The molecular formula is C20H24FN5O. The van der Waals surface area contributed by atoms with E-state index in [4.69, 9.17) is 0 Å². The number of fused-ring (bicyclic) bond motifs is 1. The molecule has 3 aromatic rings. The van der Waals surface area contributed by atoms with Crippen LogP contribution in [0.5, 0.6) is 0 Å². The first-order valence-corrected chi connectivity index (χ1v) is 9.13. The van der Waals surface area contributed by atoms with E-state index in [2.05, 4.69) is 34.0 Å². The van der Waals surface area contributed by atoms with Gasteiger partial charge < -0.3 is 14.8 Å². The van der Waals surface area contributed by atoms with Crippen LogP contribution in [-0.4, -0.2) is 40.1 Å². The van der Waals surface area contributed by atoms with E-state index in [1.165, 1.54) is 12.1 Å². The zero-order valence-electron chi connectivity index (χ0n) is 15.9. The third-order valence-corrected chi connectivity index (χ3v) is 4.67. The van der Waals surface area contributed by atoms with Crippen LogP contribution in [0.1, 0.15) is 30.0 Å². The lowest BCUT2D eigenvalue weighted by molar-refractivity contribution is 0.0953. The number of rotatable bonds is 7. The predicted molar refractivity (Wildman–Crippen MR) is 105 cm³/mol. The molecule has 142 valence electrons. The first-order valence-electron chi connectivity index (χ1n) is 9.13. The Morgan fingerprint density at radius 2 is 2.00 bits per heavy atom. The summed E-state index contributed by atoms with van der Waals surface area (Å²) in [4.78, 5) is 23.3. The average Bonchev–Trinajstić information content (AvgIpc) is 2.99. The summed E-state index contributed by atoms with van der Waals surface area (Å²) in [6, 6.07) is 8.18. The third kappa shape index (κ3) is 4.07. The molecule has 0 saturated heterocycles. The Morgan fingerprint density at radius 1 is 1.22 bits per heavy atom. The van der Waals surface area contributed by atoms with Gasteiger partial charge in [-0.15, -0.1) is 0 Å². The lowest BCUT2D eigenvalue weighted by Crippen LogP contribution is -2.27. The second-order valence-electron chi connectivity index (χ2n) is 6.30. The van der Waals surface area contributed by atoms with Gasteiger partial charge in [0.1, 0.15) is 17.5 Å². The van der Waals surface area contributed by atoms with Gasteiger partial charge in [0.05, 0.1) is 16.6 Å². The molecule has 0 bridgehead atoms. The molecule has 1 aromatic carbocycles. The van der Waals surface area contributed by atoms with Crippen molar-refractivity contribution in [1.82, 2.24) is 19.9 Å². The summed E-state index contributed by atoms with van der Waals surface area (Å²) in [5.74, 6) is 1.21. The van der Waals surface area contributed by atoms with Gasteiger partial charge in [0, 0.05) is 39.3 Å². The maximum Gasteiger partial charge on any atom is 0.252 e. The van der Waals surface area contributed by atoms with Crippen LogP contribution < -0.4 is 10.2 Å². The number of pyridine rings is 1. The number of anilines is 1. The first kappa shape index (κ1) is 18.8. The van der Waals surface area contributed by atoms with Crippen molar-refractivity contribution in [3.8, 4) is 0 Å². The fraction of sp³-hybridized carbons (Fsp3) is 0.350. The first-order chi connectivity index (χ1) is 13.0. The van der Waals surface area contributed by atoms with Gasteiger partial charge in [-0.3, -0.25) is 4.79 Å². The molecule has 0 saturated carbocycles. The van der Waals surface area contributed by atoms with Crippen molar-refractivity contribution in [2.75, 3.05) is 24.5 Å². The van der Waals surface area contributed by atoms with Gasteiger partial charge in [0.25, 0.3) is 5.91 Å². The van der Waals surface area contributed by atoms with Crippen molar-refractivity contribution in [3.05, 3.63) is 53.7 Å². The highest BCUT2D eigenvalue weighted by molar-refractivity contribution is 5.94. The van der Waals surface area contributed by atoms with Gasteiger partial charge >= 0.3 is 0 Å². The Kier molecular flexibility index (Phi) is 5.69. The number of nitrogens with one attached hydrogen (secondary N) is 1. The average molecular weight is 369 g/mol. The predicted octanol–water partition coefficient (Wildman–Crippen LogP) is 2.93. The molecule has 1 N–H and O–H groups in total. The zero-order valence-corrected chi connectivity index (χ0v) is 15.9. The minimum Gasteiger partial charge on any atom is -0.357 e. The van der Waals surface area contributed by atoms with Gasteiger partial charge in [-0.05, 0) is 44.2 Å². The summed E-state index contributed by atoms with van der Waals surface area (Å²) >= 11 is 0. The van der Waals surface area contributed by atoms with E-state index in [0.717, 1.165) is 35.8 Å². The molecule has 3 rings (SSSR count). The molecule has 1 amide bonds. The molecule has 0 aliphatic carbocycles. The molecule has 0 fully saturated rings. The van der Waals surface area contributed by atoms with E-state index < -0.39 is 0 Å². The SMILES string of the molecule is CCN(CC)c1ccc(C(=O)NCCc2nc3ccc(F)cc3n2C)cn1. The lowest BCUT2D eigenvalue weighted by atomic mass is 10.2. The Balaban J connectivity index is 1.60. The molecule has 7 heteroatoms. The van der Waals surface area contributed by atoms with Crippen molar-refractivity contribution in [2.45, 2.75) is 20.3 Å². The highest BCUT2D eigenvalue weighted by Crippen LogP contribution is 2.16. The highest BCUT2D eigenvalue weighted by Gasteiger charge is 2.11. The maximum absolute atomic E-state index is 13.4. The maximum atomic E-state index is 13.4. The molecule has 6 nitrogen and oxygen atoms in total. The van der Waals surface area contributed by atoms with Crippen molar-refractivity contribution in [1.29, 1.82) is 0 Å².